The van der Waals surface area contributed by atoms with E-state index in [9.17, 15) is 14.0 Å². The summed E-state index contributed by atoms with van der Waals surface area (Å²) in [7, 11) is 0. The number of carbonyl (C=O) groups excluding carboxylic acids is 2. The Morgan fingerprint density at radius 2 is 2.07 bits per heavy atom. The third kappa shape index (κ3) is 2.86. The summed E-state index contributed by atoms with van der Waals surface area (Å²) in [5.41, 5.74) is 0.359. The van der Waals surface area contributed by atoms with E-state index < -0.39 is 35.3 Å². The molecule has 0 radical (unpaired) electrons. The van der Waals surface area contributed by atoms with Crippen molar-refractivity contribution in [2.24, 2.45) is 11.8 Å². The average Bonchev–Trinajstić information content (AvgIpc) is 3.37. The van der Waals surface area contributed by atoms with E-state index in [0.29, 0.717) is 5.69 Å². The molecular weight excluding hydrogens is 397 g/mol. The lowest BCUT2D eigenvalue weighted by molar-refractivity contribution is -0.153. The molecule has 0 unspecified atom stereocenters. The zero-order valence-corrected chi connectivity index (χ0v) is 16.0. The van der Waals surface area contributed by atoms with Gasteiger partial charge in [-0.15, -0.1) is 0 Å². The van der Waals surface area contributed by atoms with Crippen molar-refractivity contribution in [1.29, 1.82) is 0 Å². The van der Waals surface area contributed by atoms with Gasteiger partial charge < -0.3 is 14.4 Å². The van der Waals surface area contributed by atoms with E-state index in [2.05, 4.69) is 0 Å². The highest BCUT2D eigenvalue weighted by atomic mass is 35.5. The highest BCUT2D eigenvalue weighted by molar-refractivity contribution is 6.30. The molecule has 0 N–H and O–H groups in total. The van der Waals surface area contributed by atoms with Crippen LogP contribution in [0.4, 0.5) is 10.1 Å². The molecule has 3 aliphatic heterocycles. The number of hydrogen-bond acceptors (Lipinski definition) is 4. The standard InChI is InChI=1S/C22H17ClFNO4/c23-15-7-6-14(10-16(15)24)25-12-22-9-8-17(29-22)18(19(22)20(25)26)21(27)28-11-13-4-2-1-3-5-13/h1-10,17-19H,11-12H2/t17-,18-,19-,22+/m0/s1. The summed E-state index contributed by atoms with van der Waals surface area (Å²) < 4.78 is 25.5. The van der Waals surface area contributed by atoms with Crippen LogP contribution in [0.3, 0.4) is 0 Å². The third-order valence-corrected chi connectivity index (χ3v) is 6.12. The van der Waals surface area contributed by atoms with E-state index in [1.54, 1.807) is 6.07 Å². The minimum Gasteiger partial charge on any atom is -0.460 e. The number of benzene rings is 2. The van der Waals surface area contributed by atoms with E-state index in [4.69, 9.17) is 21.1 Å². The van der Waals surface area contributed by atoms with Crippen LogP contribution in [0.25, 0.3) is 0 Å². The summed E-state index contributed by atoms with van der Waals surface area (Å²) in [6.07, 6.45) is 3.16. The normalized spacial score (nSPS) is 29.4. The second kappa shape index (κ2) is 6.68. The van der Waals surface area contributed by atoms with Gasteiger partial charge in [0.05, 0.1) is 23.6 Å². The van der Waals surface area contributed by atoms with Gasteiger partial charge in [0, 0.05) is 5.69 Å². The lowest BCUT2D eigenvalue weighted by Crippen LogP contribution is -2.40. The van der Waals surface area contributed by atoms with Crippen LogP contribution in [0.2, 0.25) is 5.02 Å². The van der Waals surface area contributed by atoms with Gasteiger partial charge in [0.15, 0.2) is 0 Å². The largest absolute Gasteiger partial charge is 0.460 e. The predicted molar refractivity (Wildman–Crippen MR) is 104 cm³/mol. The maximum atomic E-state index is 13.9. The van der Waals surface area contributed by atoms with Gasteiger partial charge in [0.25, 0.3) is 0 Å². The quantitative estimate of drug-likeness (QED) is 0.568. The number of carbonyl (C=O) groups is 2. The number of amides is 1. The van der Waals surface area contributed by atoms with E-state index in [0.717, 1.165) is 5.56 Å². The number of halogens is 2. The monoisotopic (exact) mass is 413 g/mol. The summed E-state index contributed by atoms with van der Waals surface area (Å²) in [5, 5.41) is -0.0156. The molecule has 2 aromatic rings. The Morgan fingerprint density at radius 3 is 2.83 bits per heavy atom. The fourth-order valence-corrected chi connectivity index (χ4v) is 4.58. The van der Waals surface area contributed by atoms with Crippen LogP contribution in [0.5, 0.6) is 0 Å². The van der Waals surface area contributed by atoms with E-state index in [-0.39, 0.29) is 24.1 Å². The molecule has 148 valence electrons. The molecule has 0 aromatic heterocycles. The molecule has 7 heteroatoms. The second-order valence-electron chi connectivity index (χ2n) is 7.52. The number of hydrogen-bond donors (Lipinski definition) is 0. The molecule has 1 spiro atoms. The highest BCUT2D eigenvalue weighted by Crippen LogP contribution is 2.53. The van der Waals surface area contributed by atoms with Crippen LogP contribution in [0, 0.1) is 17.7 Å². The van der Waals surface area contributed by atoms with Gasteiger partial charge in [0.1, 0.15) is 23.9 Å². The van der Waals surface area contributed by atoms with Crippen molar-refractivity contribution in [3.8, 4) is 0 Å². The average molecular weight is 414 g/mol. The number of anilines is 1. The Bertz CT molecular complexity index is 1030. The third-order valence-electron chi connectivity index (χ3n) is 5.81. The van der Waals surface area contributed by atoms with Crippen LogP contribution in [-0.2, 0) is 25.7 Å². The Kier molecular flexibility index (Phi) is 4.22. The summed E-state index contributed by atoms with van der Waals surface area (Å²) in [6, 6.07) is 13.6. The van der Waals surface area contributed by atoms with Gasteiger partial charge in [-0.1, -0.05) is 54.1 Å². The fraction of sp³-hybridized carbons (Fsp3) is 0.273. The van der Waals surface area contributed by atoms with Crippen molar-refractivity contribution in [1.82, 2.24) is 0 Å². The molecule has 3 aliphatic rings. The molecular formula is C22H17ClFNO4. The Hall–Kier alpha value is -2.70. The minimum absolute atomic E-state index is 0.0156. The SMILES string of the molecule is O=C(OCc1ccccc1)[C@H]1[C@@H]2C=C[C@]3(CN(c4ccc(Cl)c(F)c4)C(=O)[C@H]13)O2. The maximum Gasteiger partial charge on any atom is 0.313 e. The molecule has 5 rings (SSSR count). The molecule has 29 heavy (non-hydrogen) atoms. The molecule has 0 aliphatic carbocycles. The van der Waals surface area contributed by atoms with E-state index in [1.165, 1.54) is 17.0 Å². The van der Waals surface area contributed by atoms with Gasteiger partial charge in [-0.05, 0) is 23.8 Å². The van der Waals surface area contributed by atoms with Crippen molar-refractivity contribution < 1.29 is 23.5 Å². The Balaban J connectivity index is 1.39. The van der Waals surface area contributed by atoms with Crippen molar-refractivity contribution in [2.75, 3.05) is 11.4 Å². The highest BCUT2D eigenvalue weighted by Gasteiger charge is 2.67. The van der Waals surface area contributed by atoms with Crippen LogP contribution in [-0.4, -0.2) is 30.1 Å². The topological polar surface area (TPSA) is 55.8 Å². The van der Waals surface area contributed by atoms with Crippen LogP contribution in [0.1, 0.15) is 5.56 Å². The summed E-state index contributed by atoms with van der Waals surface area (Å²) in [4.78, 5) is 27.5. The van der Waals surface area contributed by atoms with Crippen molar-refractivity contribution in [3.05, 3.63) is 77.1 Å². The molecule has 2 saturated heterocycles. The number of nitrogens with zero attached hydrogens (tertiary/aromatic N) is 1. The lowest BCUT2D eigenvalue weighted by Gasteiger charge is -2.22. The molecule has 2 aromatic carbocycles. The van der Waals surface area contributed by atoms with E-state index >= 15 is 0 Å². The molecule has 2 fully saturated rings. The summed E-state index contributed by atoms with van der Waals surface area (Å²) in [5.74, 6) is -2.77. The van der Waals surface area contributed by atoms with Crippen LogP contribution in [0.15, 0.2) is 60.7 Å². The molecule has 3 heterocycles. The fourth-order valence-electron chi connectivity index (χ4n) is 4.46. The summed E-state index contributed by atoms with van der Waals surface area (Å²) in [6.45, 7) is 0.347. The van der Waals surface area contributed by atoms with Gasteiger partial charge >= 0.3 is 5.97 Å². The second-order valence-corrected chi connectivity index (χ2v) is 7.92. The Morgan fingerprint density at radius 1 is 1.28 bits per heavy atom. The van der Waals surface area contributed by atoms with Gasteiger partial charge in [-0.2, -0.15) is 0 Å². The molecule has 4 atom stereocenters. The van der Waals surface area contributed by atoms with Gasteiger partial charge in [-0.3, -0.25) is 9.59 Å². The number of esters is 1. The van der Waals surface area contributed by atoms with Crippen molar-refractivity contribution in [2.45, 2.75) is 18.3 Å². The van der Waals surface area contributed by atoms with Crippen molar-refractivity contribution in [3.63, 3.8) is 0 Å². The molecule has 2 bridgehead atoms. The van der Waals surface area contributed by atoms with Gasteiger partial charge in [0.2, 0.25) is 5.91 Å². The van der Waals surface area contributed by atoms with Gasteiger partial charge in [-0.25, -0.2) is 4.39 Å². The minimum atomic E-state index is -0.895. The number of fused-ring (bicyclic) bond motifs is 1. The summed E-state index contributed by atoms with van der Waals surface area (Å²) >= 11 is 5.76. The zero-order valence-electron chi connectivity index (χ0n) is 15.3. The first-order valence-corrected chi connectivity index (χ1v) is 9.70. The van der Waals surface area contributed by atoms with Crippen molar-refractivity contribution >= 4 is 29.2 Å². The first-order valence-electron chi connectivity index (χ1n) is 9.33. The van der Waals surface area contributed by atoms with Crippen LogP contribution < -0.4 is 4.90 Å². The number of rotatable bonds is 4. The van der Waals surface area contributed by atoms with Crippen LogP contribution >= 0.6 is 11.6 Å². The zero-order chi connectivity index (χ0) is 20.2. The Labute approximate surface area is 171 Å². The number of ether oxygens (including phenoxy) is 2. The first kappa shape index (κ1) is 18.3. The predicted octanol–water partition coefficient (Wildman–Crippen LogP) is 3.51. The molecule has 0 saturated carbocycles. The maximum absolute atomic E-state index is 13.9. The first-order chi connectivity index (χ1) is 14.0. The lowest BCUT2D eigenvalue weighted by atomic mass is 9.77. The molecule has 1 amide bonds. The van der Waals surface area contributed by atoms with E-state index in [1.807, 2.05) is 42.5 Å². The smallest absolute Gasteiger partial charge is 0.313 e. The molecule has 5 nitrogen and oxygen atoms in total.